The van der Waals surface area contributed by atoms with Crippen LogP contribution >= 0.6 is 0 Å². The van der Waals surface area contributed by atoms with Gasteiger partial charge in [0, 0.05) is 17.5 Å². The van der Waals surface area contributed by atoms with Gasteiger partial charge >= 0.3 is 0 Å². The van der Waals surface area contributed by atoms with Crippen LogP contribution in [0.25, 0.3) is 0 Å². The summed E-state index contributed by atoms with van der Waals surface area (Å²) in [5, 5.41) is 3.22. The molecule has 0 aromatic carbocycles. The molecule has 1 aliphatic heterocycles. The Morgan fingerprint density at radius 2 is 1.55 bits per heavy atom. The molecular formula is C31H51NO6. The van der Waals surface area contributed by atoms with Crippen LogP contribution in [0.3, 0.4) is 0 Å². The molecule has 2 unspecified atom stereocenters. The van der Waals surface area contributed by atoms with Crippen molar-refractivity contribution in [2.45, 2.75) is 77.7 Å². The lowest BCUT2D eigenvalue weighted by atomic mass is 9.45. The second-order valence-electron chi connectivity index (χ2n) is 12.8. The van der Waals surface area contributed by atoms with Crippen molar-refractivity contribution >= 4 is 5.91 Å². The molecule has 4 aliphatic carbocycles. The summed E-state index contributed by atoms with van der Waals surface area (Å²) in [7, 11) is 0. The Bertz CT molecular complexity index is 802. The number of hydrogen-bond acceptors (Lipinski definition) is 6. The molecule has 1 heterocycles. The zero-order valence-corrected chi connectivity index (χ0v) is 23.8. The third-order valence-corrected chi connectivity index (χ3v) is 10.9. The highest BCUT2D eigenvalue weighted by Gasteiger charge is 2.58. The van der Waals surface area contributed by atoms with Crippen LogP contribution in [0, 0.1) is 34.5 Å². The number of rotatable bonds is 3. The summed E-state index contributed by atoms with van der Waals surface area (Å²) in [6.45, 7) is 10.0. The van der Waals surface area contributed by atoms with Gasteiger partial charge < -0.3 is 29.0 Å². The third kappa shape index (κ3) is 6.17. The highest BCUT2D eigenvalue weighted by Crippen LogP contribution is 2.66. The Morgan fingerprint density at radius 1 is 0.842 bits per heavy atom. The maximum atomic E-state index is 13.6. The van der Waals surface area contributed by atoms with Crippen LogP contribution < -0.4 is 5.32 Å². The first-order valence-electron chi connectivity index (χ1n) is 15.4. The molecule has 1 amide bonds. The Balaban J connectivity index is 1.15. The molecule has 216 valence electrons. The van der Waals surface area contributed by atoms with E-state index in [1.165, 1.54) is 44.9 Å². The van der Waals surface area contributed by atoms with Crippen molar-refractivity contribution in [2.75, 3.05) is 66.0 Å². The van der Waals surface area contributed by atoms with Crippen molar-refractivity contribution in [1.29, 1.82) is 0 Å². The maximum Gasteiger partial charge on any atom is 0.247 e. The number of nitrogens with one attached hydrogen (secondary N) is 1. The normalized spacial score (nSPS) is 41.4. The van der Waals surface area contributed by atoms with Crippen molar-refractivity contribution in [2.24, 2.45) is 34.5 Å². The second kappa shape index (κ2) is 13.1. The average Bonchev–Trinajstić information content (AvgIpc) is 3.27. The topological polar surface area (TPSA) is 75.3 Å². The first kappa shape index (κ1) is 28.5. The summed E-state index contributed by atoms with van der Waals surface area (Å²) in [4.78, 5) is 13.6. The van der Waals surface area contributed by atoms with E-state index in [9.17, 15) is 4.79 Å². The van der Waals surface area contributed by atoms with Crippen LogP contribution in [0.1, 0.15) is 71.6 Å². The second-order valence-corrected chi connectivity index (χ2v) is 12.8. The number of amides is 1. The van der Waals surface area contributed by atoms with E-state index in [1.807, 2.05) is 0 Å². The molecule has 5 aliphatic rings. The number of carbonyl (C=O) groups is 1. The fraction of sp³-hybridized carbons (Fsp3) is 0.903. The van der Waals surface area contributed by atoms with E-state index in [1.54, 1.807) is 0 Å². The van der Waals surface area contributed by atoms with E-state index in [0.29, 0.717) is 77.3 Å². The zero-order valence-electron chi connectivity index (χ0n) is 23.8. The minimum Gasteiger partial charge on any atom is -0.377 e. The molecule has 0 aromatic heterocycles. The van der Waals surface area contributed by atoms with Gasteiger partial charge in [0.15, 0.2) is 0 Å². The minimum atomic E-state index is -0.216. The molecule has 3 saturated carbocycles. The molecule has 7 heteroatoms. The first-order chi connectivity index (χ1) is 18.5. The van der Waals surface area contributed by atoms with Gasteiger partial charge in [0.2, 0.25) is 5.91 Å². The molecule has 38 heavy (non-hydrogen) atoms. The lowest BCUT2D eigenvalue weighted by Gasteiger charge is -2.60. The van der Waals surface area contributed by atoms with Gasteiger partial charge in [0.05, 0.1) is 65.6 Å². The summed E-state index contributed by atoms with van der Waals surface area (Å²) < 4.78 is 28.4. The van der Waals surface area contributed by atoms with E-state index in [-0.39, 0.29) is 17.4 Å². The number of carbonyl (C=O) groups excluding carboxylic acids is 1. The van der Waals surface area contributed by atoms with E-state index < -0.39 is 0 Å². The Hall–Kier alpha value is -0.990. The van der Waals surface area contributed by atoms with Crippen LogP contribution in [-0.4, -0.2) is 78.0 Å². The maximum absolute atomic E-state index is 13.6. The van der Waals surface area contributed by atoms with Crippen LogP contribution in [0.5, 0.6) is 0 Å². The molecule has 4 fully saturated rings. The number of fused-ring (bicyclic) bond motifs is 5. The SMILES string of the molecule is C[C@]12CCCCC1CC[C@@H]1[C@@H]2CC[C@]2(C)C(C(=O)NCC3COCCOCCOCCOCCO3)=CC[C@@H]12. The summed E-state index contributed by atoms with van der Waals surface area (Å²) in [6.07, 6.45) is 14.0. The smallest absolute Gasteiger partial charge is 0.247 e. The number of hydrogen-bond donors (Lipinski definition) is 1. The minimum absolute atomic E-state index is 0.00448. The predicted molar refractivity (Wildman–Crippen MR) is 146 cm³/mol. The van der Waals surface area contributed by atoms with Gasteiger partial charge in [-0.05, 0) is 74.0 Å². The van der Waals surface area contributed by atoms with Gasteiger partial charge in [-0.25, -0.2) is 0 Å². The summed E-state index contributed by atoms with van der Waals surface area (Å²) in [6, 6.07) is 0. The number of allylic oxidation sites excluding steroid dienone is 1. The van der Waals surface area contributed by atoms with Crippen molar-refractivity contribution in [3.05, 3.63) is 11.6 Å². The molecule has 5 rings (SSSR count). The quantitative estimate of drug-likeness (QED) is 0.574. The molecule has 0 bridgehead atoms. The van der Waals surface area contributed by atoms with E-state index in [4.69, 9.17) is 23.7 Å². The summed E-state index contributed by atoms with van der Waals surface area (Å²) in [5.74, 6) is 3.23. The molecule has 0 spiro atoms. The third-order valence-electron chi connectivity index (χ3n) is 10.9. The van der Waals surface area contributed by atoms with Crippen LogP contribution in [-0.2, 0) is 28.5 Å². The molecule has 1 N–H and O–H groups in total. The van der Waals surface area contributed by atoms with Gasteiger partial charge in [-0.2, -0.15) is 0 Å². The monoisotopic (exact) mass is 533 g/mol. The molecule has 7 atom stereocenters. The Morgan fingerprint density at radius 3 is 2.32 bits per heavy atom. The van der Waals surface area contributed by atoms with Crippen LogP contribution in [0.2, 0.25) is 0 Å². The van der Waals surface area contributed by atoms with Crippen molar-refractivity contribution in [3.8, 4) is 0 Å². The first-order valence-corrected chi connectivity index (χ1v) is 15.4. The Kier molecular flexibility index (Phi) is 9.85. The van der Waals surface area contributed by atoms with Gasteiger partial charge in [0.1, 0.15) is 0 Å². The summed E-state index contributed by atoms with van der Waals surface area (Å²) >= 11 is 0. The van der Waals surface area contributed by atoms with Crippen molar-refractivity contribution in [1.82, 2.24) is 5.32 Å². The summed E-state index contributed by atoms with van der Waals surface area (Å²) in [5.41, 5.74) is 1.54. The molecule has 1 saturated heterocycles. The standard InChI is InChI=1S/C31H51NO6/c1-30-11-4-3-5-23(30)6-7-25-26-8-9-28(31(26,2)12-10-27(25)30)29(33)32-21-24-22-37-18-17-35-14-13-34-15-16-36-19-20-38-24/h9,23-27H,3-8,10-22H2,1-2H3,(H,32,33)/t23?,24?,25-,26-,27-,30-,31-/m0/s1. The van der Waals surface area contributed by atoms with Gasteiger partial charge in [-0.1, -0.05) is 32.8 Å². The van der Waals surface area contributed by atoms with Gasteiger partial charge in [0.25, 0.3) is 0 Å². The molecule has 0 radical (unpaired) electrons. The predicted octanol–water partition coefficient (Wildman–Crippen LogP) is 4.54. The van der Waals surface area contributed by atoms with E-state index in [0.717, 1.165) is 36.2 Å². The van der Waals surface area contributed by atoms with Crippen LogP contribution in [0.4, 0.5) is 0 Å². The van der Waals surface area contributed by atoms with E-state index in [2.05, 4.69) is 25.2 Å². The largest absolute Gasteiger partial charge is 0.377 e. The lowest BCUT2D eigenvalue weighted by molar-refractivity contribution is -0.123. The fourth-order valence-electron chi connectivity index (χ4n) is 8.83. The highest BCUT2D eigenvalue weighted by atomic mass is 16.6. The van der Waals surface area contributed by atoms with Crippen molar-refractivity contribution < 1.29 is 28.5 Å². The van der Waals surface area contributed by atoms with Gasteiger partial charge in [-0.3, -0.25) is 4.79 Å². The van der Waals surface area contributed by atoms with Crippen LogP contribution in [0.15, 0.2) is 11.6 Å². The molecule has 0 aromatic rings. The van der Waals surface area contributed by atoms with Crippen molar-refractivity contribution in [3.63, 3.8) is 0 Å². The average molecular weight is 534 g/mol. The zero-order chi connectivity index (χ0) is 26.4. The fourth-order valence-corrected chi connectivity index (χ4v) is 8.83. The lowest BCUT2D eigenvalue weighted by Crippen LogP contribution is -2.53. The molecule has 7 nitrogen and oxygen atoms in total. The Labute approximate surface area is 229 Å². The van der Waals surface area contributed by atoms with Gasteiger partial charge in [-0.15, -0.1) is 0 Å². The highest BCUT2D eigenvalue weighted by molar-refractivity contribution is 5.95. The molecular weight excluding hydrogens is 482 g/mol. The number of ether oxygens (including phenoxy) is 5. The van der Waals surface area contributed by atoms with E-state index >= 15 is 0 Å².